The molecule has 0 spiro atoms. The van der Waals surface area contributed by atoms with E-state index in [0.717, 1.165) is 22.2 Å². The number of carbonyl (C=O) groups is 1. The van der Waals surface area contributed by atoms with Crippen molar-refractivity contribution in [3.8, 4) is 0 Å². The Balaban J connectivity index is 1.42. The van der Waals surface area contributed by atoms with Gasteiger partial charge in [-0.1, -0.05) is 54.7 Å². The van der Waals surface area contributed by atoms with Gasteiger partial charge < -0.3 is 4.42 Å². The molecule has 0 aliphatic carbocycles. The molecule has 9 heteroatoms. The van der Waals surface area contributed by atoms with Gasteiger partial charge in [-0.2, -0.15) is 4.31 Å². The number of thiazole rings is 1. The van der Waals surface area contributed by atoms with Crippen molar-refractivity contribution in [2.45, 2.75) is 31.3 Å². The second-order valence-electron chi connectivity index (χ2n) is 8.89. The predicted octanol–water partition coefficient (Wildman–Crippen LogP) is 6.12. The summed E-state index contributed by atoms with van der Waals surface area (Å²) in [4.78, 5) is 20.1. The van der Waals surface area contributed by atoms with Crippen LogP contribution in [0.1, 0.15) is 34.2 Å². The van der Waals surface area contributed by atoms with E-state index >= 15 is 0 Å². The first-order valence-corrected chi connectivity index (χ1v) is 14.4. The third-order valence-corrected chi connectivity index (χ3v) is 9.14. The lowest BCUT2D eigenvalue weighted by atomic mass is 10.2. The van der Waals surface area contributed by atoms with Gasteiger partial charge in [0.25, 0.3) is 5.91 Å². The summed E-state index contributed by atoms with van der Waals surface area (Å²) in [5.74, 6) is 0.325. The molecule has 0 saturated carbocycles. The molecule has 0 unspecified atom stereocenters. The number of benzene rings is 3. The van der Waals surface area contributed by atoms with E-state index in [-0.39, 0.29) is 23.9 Å². The van der Waals surface area contributed by atoms with Gasteiger partial charge in [0, 0.05) is 19.2 Å². The number of carbonyl (C=O) groups excluding carboxylic acids is 1. The lowest BCUT2D eigenvalue weighted by Gasteiger charge is -2.20. The Kier molecular flexibility index (Phi) is 7.42. The van der Waals surface area contributed by atoms with Gasteiger partial charge in [0.15, 0.2) is 5.13 Å². The summed E-state index contributed by atoms with van der Waals surface area (Å²) in [6.45, 7) is 2.55. The fraction of sp³-hybridized carbons (Fsp3) is 0.172. The zero-order chi connectivity index (χ0) is 26.7. The average Bonchev–Trinajstić information content (AvgIpc) is 3.61. The number of fused-ring (bicyclic) bond motifs is 1. The monoisotopic (exact) mass is 545 g/mol. The largest absolute Gasteiger partial charge is 0.467 e. The van der Waals surface area contributed by atoms with Crippen LogP contribution in [0.3, 0.4) is 0 Å². The molecule has 194 valence electrons. The number of hydrogen-bond acceptors (Lipinski definition) is 6. The van der Waals surface area contributed by atoms with Crippen molar-refractivity contribution in [2.24, 2.45) is 0 Å². The van der Waals surface area contributed by atoms with Crippen LogP contribution in [0.4, 0.5) is 5.13 Å². The van der Waals surface area contributed by atoms with Gasteiger partial charge in [-0.05, 0) is 66.1 Å². The zero-order valence-corrected chi connectivity index (χ0v) is 22.7. The molecule has 1 amide bonds. The van der Waals surface area contributed by atoms with Crippen molar-refractivity contribution in [2.75, 3.05) is 11.9 Å². The minimum Gasteiger partial charge on any atom is -0.467 e. The van der Waals surface area contributed by atoms with Gasteiger partial charge in [0.05, 0.1) is 27.9 Å². The SMILES string of the molecule is CCc1ccc2nc(N(Cc3ccco3)C(=O)c3ccc(S(=O)(=O)N(C)Cc4ccccc4)cc3)sc2c1. The van der Waals surface area contributed by atoms with Crippen LogP contribution in [0, 0.1) is 0 Å². The fourth-order valence-corrected chi connectivity index (χ4v) is 6.29. The summed E-state index contributed by atoms with van der Waals surface area (Å²) < 4.78 is 34.1. The van der Waals surface area contributed by atoms with Crippen LogP contribution in [0.15, 0.2) is 101 Å². The summed E-state index contributed by atoms with van der Waals surface area (Å²) in [6.07, 6.45) is 2.48. The Labute approximate surface area is 226 Å². The maximum Gasteiger partial charge on any atom is 0.260 e. The zero-order valence-electron chi connectivity index (χ0n) is 21.1. The van der Waals surface area contributed by atoms with Gasteiger partial charge in [0.1, 0.15) is 5.76 Å². The Morgan fingerprint density at radius 1 is 0.921 bits per heavy atom. The molecule has 5 rings (SSSR count). The van der Waals surface area contributed by atoms with E-state index in [1.165, 1.54) is 33.3 Å². The highest BCUT2D eigenvalue weighted by atomic mass is 32.2. The van der Waals surface area contributed by atoms with E-state index in [0.29, 0.717) is 16.5 Å². The lowest BCUT2D eigenvalue weighted by Crippen LogP contribution is -2.30. The van der Waals surface area contributed by atoms with Crippen molar-refractivity contribution in [1.82, 2.24) is 9.29 Å². The minimum atomic E-state index is -3.73. The summed E-state index contributed by atoms with van der Waals surface area (Å²) in [5.41, 5.74) is 3.27. The van der Waals surface area contributed by atoms with Crippen molar-refractivity contribution in [3.63, 3.8) is 0 Å². The number of anilines is 1. The van der Waals surface area contributed by atoms with E-state index in [1.54, 1.807) is 42.5 Å². The summed E-state index contributed by atoms with van der Waals surface area (Å²) >= 11 is 1.44. The molecule has 0 atom stereocenters. The Morgan fingerprint density at radius 2 is 1.68 bits per heavy atom. The molecule has 0 aliphatic heterocycles. The molecule has 0 N–H and O–H groups in total. The second kappa shape index (κ2) is 10.9. The normalized spacial score (nSPS) is 11.8. The molecule has 38 heavy (non-hydrogen) atoms. The molecular weight excluding hydrogens is 518 g/mol. The van der Waals surface area contributed by atoms with Gasteiger partial charge in [-0.15, -0.1) is 0 Å². The van der Waals surface area contributed by atoms with Crippen molar-refractivity contribution in [1.29, 1.82) is 0 Å². The van der Waals surface area contributed by atoms with Crippen molar-refractivity contribution >= 4 is 42.6 Å². The summed E-state index contributed by atoms with van der Waals surface area (Å²) in [7, 11) is -2.19. The van der Waals surface area contributed by atoms with Crippen LogP contribution in [-0.4, -0.2) is 30.7 Å². The highest BCUT2D eigenvalue weighted by Gasteiger charge is 2.25. The average molecular weight is 546 g/mol. The fourth-order valence-electron chi connectivity index (χ4n) is 4.11. The summed E-state index contributed by atoms with van der Waals surface area (Å²) in [6, 6.07) is 25.1. The van der Waals surface area contributed by atoms with E-state index in [2.05, 4.69) is 13.0 Å². The highest BCUT2D eigenvalue weighted by molar-refractivity contribution is 7.89. The van der Waals surface area contributed by atoms with E-state index in [1.807, 2.05) is 42.5 Å². The first-order chi connectivity index (χ1) is 18.3. The molecule has 0 bridgehead atoms. The van der Waals surface area contributed by atoms with Crippen molar-refractivity contribution < 1.29 is 17.6 Å². The topological polar surface area (TPSA) is 83.7 Å². The number of hydrogen-bond donors (Lipinski definition) is 0. The van der Waals surface area contributed by atoms with E-state index in [4.69, 9.17) is 9.40 Å². The van der Waals surface area contributed by atoms with Crippen LogP contribution in [0.25, 0.3) is 10.2 Å². The molecule has 0 radical (unpaired) electrons. The number of aryl methyl sites for hydroxylation is 1. The number of furan rings is 1. The van der Waals surface area contributed by atoms with Gasteiger partial charge >= 0.3 is 0 Å². The van der Waals surface area contributed by atoms with Crippen molar-refractivity contribution in [3.05, 3.63) is 114 Å². The van der Waals surface area contributed by atoms with Crippen LogP contribution in [0.2, 0.25) is 0 Å². The highest BCUT2D eigenvalue weighted by Crippen LogP contribution is 2.32. The molecule has 0 aliphatic rings. The third-order valence-electron chi connectivity index (χ3n) is 6.28. The number of amides is 1. The molecule has 5 aromatic rings. The Hall–Kier alpha value is -3.79. The first-order valence-electron chi connectivity index (χ1n) is 12.2. The molecule has 0 saturated heterocycles. The number of rotatable bonds is 9. The second-order valence-corrected chi connectivity index (χ2v) is 11.9. The maximum atomic E-state index is 13.7. The maximum absolute atomic E-state index is 13.7. The van der Waals surface area contributed by atoms with Gasteiger partial charge in [0.2, 0.25) is 10.0 Å². The first kappa shape index (κ1) is 25.8. The van der Waals surface area contributed by atoms with Crippen LogP contribution >= 0.6 is 11.3 Å². The summed E-state index contributed by atoms with van der Waals surface area (Å²) in [5, 5.41) is 0.550. The lowest BCUT2D eigenvalue weighted by molar-refractivity contribution is 0.0983. The third kappa shape index (κ3) is 5.40. The van der Waals surface area contributed by atoms with Gasteiger partial charge in [-0.3, -0.25) is 9.69 Å². The standard InChI is InChI=1S/C29H27N3O4S2/c1-3-21-11-16-26-27(18-21)37-29(30-26)32(20-24-10-7-17-36-24)28(33)23-12-14-25(15-13-23)38(34,35)31(2)19-22-8-5-4-6-9-22/h4-18H,3,19-20H2,1-2H3. The molecule has 3 aromatic carbocycles. The Morgan fingerprint density at radius 3 is 2.37 bits per heavy atom. The number of aromatic nitrogens is 1. The molecule has 0 fully saturated rings. The minimum absolute atomic E-state index is 0.122. The molecule has 7 nitrogen and oxygen atoms in total. The van der Waals surface area contributed by atoms with Crippen LogP contribution < -0.4 is 4.90 Å². The smallest absolute Gasteiger partial charge is 0.260 e. The predicted molar refractivity (Wildman–Crippen MR) is 150 cm³/mol. The molecule has 2 aromatic heterocycles. The number of nitrogens with zero attached hydrogens (tertiary/aromatic N) is 3. The molecule has 2 heterocycles. The molecular formula is C29H27N3O4S2. The van der Waals surface area contributed by atoms with Crippen LogP contribution in [-0.2, 0) is 29.5 Å². The van der Waals surface area contributed by atoms with Crippen LogP contribution in [0.5, 0.6) is 0 Å². The van der Waals surface area contributed by atoms with Gasteiger partial charge in [-0.25, -0.2) is 13.4 Å². The number of sulfonamides is 1. The Bertz CT molecular complexity index is 1650. The van der Waals surface area contributed by atoms with E-state index in [9.17, 15) is 13.2 Å². The quantitative estimate of drug-likeness (QED) is 0.223. The van der Waals surface area contributed by atoms with E-state index < -0.39 is 10.0 Å².